The highest BCUT2D eigenvalue weighted by Crippen LogP contribution is 2.11. The fourth-order valence-corrected chi connectivity index (χ4v) is 1.50. The van der Waals surface area contributed by atoms with Crippen LogP contribution in [0.25, 0.3) is 0 Å². The van der Waals surface area contributed by atoms with Gasteiger partial charge in [-0.25, -0.2) is 0 Å². The molecule has 0 fully saturated rings. The second-order valence-electron chi connectivity index (χ2n) is 3.73. The lowest BCUT2D eigenvalue weighted by atomic mass is 10.1. The number of aryl methyl sites for hydroxylation is 1. The first kappa shape index (κ1) is 11.1. The molecule has 1 aromatic carbocycles. The van der Waals surface area contributed by atoms with Crippen LogP contribution in [0, 0.1) is 11.3 Å². The summed E-state index contributed by atoms with van der Waals surface area (Å²) in [6.07, 6.45) is 2.18. The van der Waals surface area contributed by atoms with Crippen molar-refractivity contribution in [2.45, 2.75) is 13.0 Å². The molecule has 1 N–H and O–H groups in total. The van der Waals surface area contributed by atoms with Gasteiger partial charge in [0, 0.05) is 12.7 Å². The lowest BCUT2D eigenvalue weighted by Crippen LogP contribution is -2.05. The quantitative estimate of drug-likeness (QED) is 0.859. The molecule has 2 aromatic rings. The van der Waals surface area contributed by atoms with Gasteiger partial charge in [-0.1, -0.05) is 17.3 Å². The molecule has 1 heterocycles. The predicted octanol–water partition coefficient (Wildman–Crippen LogP) is 1.49. The summed E-state index contributed by atoms with van der Waals surface area (Å²) in [7, 11) is 1.86. The van der Waals surface area contributed by atoms with Gasteiger partial charge in [0.15, 0.2) is 0 Å². The first-order chi connectivity index (χ1) is 8.29. The van der Waals surface area contributed by atoms with Crippen molar-refractivity contribution in [3.63, 3.8) is 0 Å². The van der Waals surface area contributed by atoms with Gasteiger partial charge in [-0.05, 0) is 17.7 Å². The Morgan fingerprint density at radius 2 is 2.12 bits per heavy atom. The molecule has 0 bridgehead atoms. The Labute approximate surface area is 99.7 Å². The van der Waals surface area contributed by atoms with Gasteiger partial charge in [0.25, 0.3) is 0 Å². The number of hydrogen-bond acceptors (Lipinski definition) is 4. The highest BCUT2D eigenvalue weighted by atomic mass is 15.4. The smallest absolute Gasteiger partial charge is 0.0774 e. The molecule has 2 rings (SSSR count). The van der Waals surface area contributed by atoms with Crippen molar-refractivity contribution < 1.29 is 0 Å². The van der Waals surface area contributed by atoms with E-state index in [1.165, 1.54) is 0 Å². The number of nitriles is 1. The zero-order valence-corrected chi connectivity index (χ0v) is 9.59. The van der Waals surface area contributed by atoms with E-state index < -0.39 is 0 Å². The molecule has 5 nitrogen and oxygen atoms in total. The Bertz CT molecular complexity index is 521. The van der Waals surface area contributed by atoms with Crippen LogP contribution in [0.5, 0.6) is 0 Å². The Balaban J connectivity index is 1.96. The zero-order chi connectivity index (χ0) is 12.1. The molecule has 86 valence electrons. The van der Waals surface area contributed by atoms with Gasteiger partial charge in [-0.15, -0.1) is 5.10 Å². The van der Waals surface area contributed by atoms with Crippen LogP contribution in [0.1, 0.15) is 11.3 Å². The molecule has 0 atom stereocenters. The molecular weight excluding hydrogens is 214 g/mol. The minimum atomic E-state index is 0.450. The van der Waals surface area contributed by atoms with Crippen LogP contribution in [0.4, 0.5) is 5.69 Å². The Hall–Kier alpha value is -2.35. The van der Waals surface area contributed by atoms with E-state index in [0.717, 1.165) is 16.9 Å². The second kappa shape index (κ2) is 5.12. The summed E-state index contributed by atoms with van der Waals surface area (Å²) in [6.45, 7) is 0.682. The van der Waals surface area contributed by atoms with Crippen molar-refractivity contribution in [1.82, 2.24) is 15.0 Å². The number of hydrogen-bond donors (Lipinski definition) is 1. The van der Waals surface area contributed by atoms with E-state index >= 15 is 0 Å². The third-order valence-electron chi connectivity index (χ3n) is 2.52. The van der Waals surface area contributed by atoms with Crippen molar-refractivity contribution in [2.75, 3.05) is 5.32 Å². The van der Waals surface area contributed by atoms with E-state index in [0.29, 0.717) is 13.0 Å². The van der Waals surface area contributed by atoms with Gasteiger partial charge >= 0.3 is 0 Å². The van der Waals surface area contributed by atoms with Gasteiger partial charge in [0.1, 0.15) is 0 Å². The molecule has 17 heavy (non-hydrogen) atoms. The number of rotatable bonds is 4. The maximum Gasteiger partial charge on any atom is 0.0774 e. The highest BCUT2D eigenvalue weighted by molar-refractivity contribution is 5.45. The molecule has 0 spiro atoms. The van der Waals surface area contributed by atoms with Gasteiger partial charge < -0.3 is 5.32 Å². The molecule has 0 amide bonds. The molecular formula is C12H13N5. The molecule has 0 aliphatic rings. The minimum Gasteiger partial charge on any atom is -0.379 e. The van der Waals surface area contributed by atoms with E-state index in [1.54, 1.807) is 10.9 Å². The number of anilines is 1. The van der Waals surface area contributed by atoms with Crippen LogP contribution in [-0.2, 0) is 20.0 Å². The molecule has 5 heteroatoms. The standard InChI is InChI=1S/C12H13N5/c1-17-12(9-15-16-17)8-14-11-4-2-10(3-5-11)6-7-13/h2-5,9,14H,6,8H2,1H3. The Kier molecular flexibility index (Phi) is 3.36. The van der Waals surface area contributed by atoms with Gasteiger partial charge in [0.2, 0.25) is 0 Å². The summed E-state index contributed by atoms with van der Waals surface area (Å²) in [5.74, 6) is 0. The van der Waals surface area contributed by atoms with Crippen LogP contribution < -0.4 is 5.32 Å². The first-order valence-electron chi connectivity index (χ1n) is 5.33. The van der Waals surface area contributed by atoms with E-state index in [2.05, 4.69) is 21.7 Å². The maximum atomic E-state index is 8.57. The lowest BCUT2D eigenvalue weighted by molar-refractivity contribution is 0.683. The highest BCUT2D eigenvalue weighted by Gasteiger charge is 1.99. The summed E-state index contributed by atoms with van der Waals surface area (Å²) < 4.78 is 1.73. The minimum absolute atomic E-state index is 0.450. The normalized spacial score (nSPS) is 9.88. The Morgan fingerprint density at radius 1 is 1.35 bits per heavy atom. The summed E-state index contributed by atoms with van der Waals surface area (Å²) in [4.78, 5) is 0. The number of aromatic nitrogens is 3. The van der Waals surface area contributed by atoms with Crippen molar-refractivity contribution in [1.29, 1.82) is 5.26 Å². The average Bonchev–Trinajstić information content (AvgIpc) is 2.75. The molecule has 0 saturated carbocycles. The van der Waals surface area contributed by atoms with Crippen molar-refractivity contribution in [3.8, 4) is 6.07 Å². The van der Waals surface area contributed by atoms with Crippen molar-refractivity contribution in [3.05, 3.63) is 41.7 Å². The second-order valence-corrected chi connectivity index (χ2v) is 3.73. The van der Waals surface area contributed by atoms with Gasteiger partial charge in [-0.3, -0.25) is 4.68 Å². The van der Waals surface area contributed by atoms with E-state index in [1.807, 2.05) is 31.3 Å². The van der Waals surface area contributed by atoms with E-state index in [4.69, 9.17) is 5.26 Å². The number of nitrogens with one attached hydrogen (secondary N) is 1. The molecule has 1 aromatic heterocycles. The van der Waals surface area contributed by atoms with Crippen LogP contribution in [0.15, 0.2) is 30.5 Å². The van der Waals surface area contributed by atoms with Crippen molar-refractivity contribution >= 4 is 5.69 Å². The van der Waals surface area contributed by atoms with E-state index in [-0.39, 0.29) is 0 Å². The fraction of sp³-hybridized carbons (Fsp3) is 0.250. The zero-order valence-electron chi connectivity index (χ0n) is 9.59. The summed E-state index contributed by atoms with van der Waals surface area (Å²) in [6, 6.07) is 9.97. The molecule has 0 unspecified atom stereocenters. The first-order valence-corrected chi connectivity index (χ1v) is 5.33. The average molecular weight is 227 g/mol. The Morgan fingerprint density at radius 3 is 2.71 bits per heavy atom. The number of benzene rings is 1. The topological polar surface area (TPSA) is 66.5 Å². The lowest BCUT2D eigenvalue weighted by Gasteiger charge is -2.06. The van der Waals surface area contributed by atoms with Crippen LogP contribution in [0.3, 0.4) is 0 Å². The monoisotopic (exact) mass is 227 g/mol. The SMILES string of the molecule is Cn1nncc1CNc1ccc(CC#N)cc1. The number of nitrogens with zero attached hydrogens (tertiary/aromatic N) is 4. The predicted molar refractivity (Wildman–Crippen MR) is 64.1 cm³/mol. The molecule has 0 radical (unpaired) electrons. The third kappa shape index (κ3) is 2.82. The van der Waals surface area contributed by atoms with Gasteiger partial charge in [0.05, 0.1) is 30.9 Å². The van der Waals surface area contributed by atoms with Crippen LogP contribution >= 0.6 is 0 Å². The largest absolute Gasteiger partial charge is 0.379 e. The fourth-order valence-electron chi connectivity index (χ4n) is 1.50. The van der Waals surface area contributed by atoms with Crippen LogP contribution in [0.2, 0.25) is 0 Å². The molecule has 0 aliphatic heterocycles. The third-order valence-corrected chi connectivity index (χ3v) is 2.52. The van der Waals surface area contributed by atoms with Gasteiger partial charge in [-0.2, -0.15) is 5.26 Å². The van der Waals surface area contributed by atoms with Crippen LogP contribution in [-0.4, -0.2) is 15.0 Å². The molecule has 0 saturated heterocycles. The molecule has 0 aliphatic carbocycles. The maximum absolute atomic E-state index is 8.57. The summed E-state index contributed by atoms with van der Waals surface area (Å²) in [5.41, 5.74) is 3.07. The van der Waals surface area contributed by atoms with Crippen molar-refractivity contribution in [2.24, 2.45) is 7.05 Å². The summed E-state index contributed by atoms with van der Waals surface area (Å²) >= 11 is 0. The van der Waals surface area contributed by atoms with E-state index in [9.17, 15) is 0 Å². The summed E-state index contributed by atoms with van der Waals surface area (Å²) in [5, 5.41) is 19.5.